The van der Waals surface area contributed by atoms with Gasteiger partial charge in [-0.2, -0.15) is 5.10 Å². The second-order valence-corrected chi connectivity index (χ2v) is 6.52. The maximum absolute atomic E-state index is 5.72. The first kappa shape index (κ1) is 23.2. The lowest BCUT2D eigenvalue weighted by Gasteiger charge is -2.12. The number of rotatable bonds is 9. The van der Waals surface area contributed by atoms with Gasteiger partial charge in [0.25, 0.3) is 0 Å². The average molecular weight is 486 g/mol. The molecule has 2 rings (SSSR count). The number of guanidine groups is 1. The molecule has 150 valence electrons. The molecule has 0 saturated carbocycles. The zero-order valence-corrected chi connectivity index (χ0v) is 18.9. The van der Waals surface area contributed by atoms with Gasteiger partial charge in [0.15, 0.2) is 5.96 Å². The van der Waals surface area contributed by atoms with Crippen molar-refractivity contribution < 1.29 is 4.74 Å². The fraction of sp³-hybridized carbons (Fsp3) is 0.526. The minimum absolute atomic E-state index is 0. The van der Waals surface area contributed by atoms with Crippen molar-refractivity contribution in [3.05, 3.63) is 42.0 Å². The van der Waals surface area contributed by atoms with E-state index < -0.39 is 0 Å². The van der Waals surface area contributed by atoms with Crippen LogP contribution in [0.25, 0.3) is 0 Å². The van der Waals surface area contributed by atoms with Gasteiger partial charge in [-0.25, -0.2) is 9.98 Å². The summed E-state index contributed by atoms with van der Waals surface area (Å²) in [6, 6.07) is 8.29. The quantitative estimate of drug-likeness (QED) is 0.324. The van der Waals surface area contributed by atoms with Gasteiger partial charge in [-0.05, 0) is 37.0 Å². The zero-order valence-electron chi connectivity index (χ0n) is 16.6. The molecule has 8 heteroatoms. The number of aromatic nitrogens is 3. The summed E-state index contributed by atoms with van der Waals surface area (Å²) in [6.45, 7) is 9.20. The number of benzene rings is 1. The van der Waals surface area contributed by atoms with Crippen LogP contribution >= 0.6 is 24.0 Å². The normalized spacial score (nSPS) is 11.2. The Bertz CT molecular complexity index is 684. The number of hydrogen-bond donors (Lipinski definition) is 2. The molecule has 7 nitrogen and oxygen atoms in total. The van der Waals surface area contributed by atoms with Gasteiger partial charge in [-0.15, -0.1) is 24.0 Å². The predicted octanol–water partition coefficient (Wildman–Crippen LogP) is 2.77. The van der Waals surface area contributed by atoms with Crippen LogP contribution in [0, 0.1) is 5.92 Å². The highest BCUT2D eigenvalue weighted by Crippen LogP contribution is 2.13. The summed E-state index contributed by atoms with van der Waals surface area (Å²) >= 11 is 0. The Balaban J connectivity index is 0.00000364. The van der Waals surface area contributed by atoms with E-state index in [9.17, 15) is 0 Å². The number of nitrogens with zero attached hydrogens (tertiary/aromatic N) is 4. The first-order valence-corrected chi connectivity index (χ1v) is 9.15. The summed E-state index contributed by atoms with van der Waals surface area (Å²) in [5.74, 6) is 3.07. The van der Waals surface area contributed by atoms with Crippen LogP contribution in [0.15, 0.2) is 35.6 Å². The van der Waals surface area contributed by atoms with Crippen LogP contribution in [0.1, 0.15) is 32.2 Å². The van der Waals surface area contributed by atoms with Crippen molar-refractivity contribution in [2.24, 2.45) is 18.0 Å². The summed E-state index contributed by atoms with van der Waals surface area (Å²) in [4.78, 5) is 8.74. The number of aliphatic imine (C=N–C) groups is 1. The maximum Gasteiger partial charge on any atom is 0.191 e. The van der Waals surface area contributed by atoms with Gasteiger partial charge in [0.1, 0.15) is 24.4 Å². The standard InChI is InChI=1S/C19H30N6O.HI/c1-5-20-19(22-12-18-23-14-24-25(18)4)21-11-10-16-6-8-17(9-7-16)26-13-15(2)3;/h6-9,14-15H,5,10-13H2,1-4H3,(H2,20,21,22);1H. The van der Waals surface area contributed by atoms with Crippen molar-refractivity contribution in [3.63, 3.8) is 0 Å². The second kappa shape index (κ2) is 12.5. The third-order valence-corrected chi connectivity index (χ3v) is 3.74. The van der Waals surface area contributed by atoms with E-state index in [2.05, 4.69) is 58.6 Å². The fourth-order valence-electron chi connectivity index (χ4n) is 2.30. The lowest BCUT2D eigenvalue weighted by atomic mass is 10.1. The maximum atomic E-state index is 5.72. The van der Waals surface area contributed by atoms with Gasteiger partial charge in [-0.1, -0.05) is 26.0 Å². The summed E-state index contributed by atoms with van der Waals surface area (Å²) in [5.41, 5.74) is 1.26. The van der Waals surface area contributed by atoms with Gasteiger partial charge < -0.3 is 15.4 Å². The summed E-state index contributed by atoms with van der Waals surface area (Å²) in [7, 11) is 1.87. The number of ether oxygens (including phenoxy) is 1. The Morgan fingerprint density at radius 3 is 2.56 bits per heavy atom. The molecule has 27 heavy (non-hydrogen) atoms. The molecule has 0 aliphatic rings. The monoisotopic (exact) mass is 486 g/mol. The summed E-state index contributed by atoms with van der Waals surface area (Å²) < 4.78 is 7.45. The highest BCUT2D eigenvalue weighted by atomic mass is 127. The lowest BCUT2D eigenvalue weighted by Crippen LogP contribution is -2.38. The van der Waals surface area contributed by atoms with E-state index in [0.29, 0.717) is 12.5 Å². The third kappa shape index (κ3) is 8.59. The molecule has 2 aromatic rings. The van der Waals surface area contributed by atoms with Crippen molar-refractivity contribution in [2.75, 3.05) is 19.7 Å². The number of aryl methyl sites for hydroxylation is 1. The molecule has 0 saturated heterocycles. The number of nitrogens with one attached hydrogen (secondary N) is 2. The van der Waals surface area contributed by atoms with E-state index in [-0.39, 0.29) is 24.0 Å². The second-order valence-electron chi connectivity index (χ2n) is 6.52. The molecule has 0 fully saturated rings. The molecule has 1 aromatic heterocycles. The minimum Gasteiger partial charge on any atom is -0.493 e. The van der Waals surface area contributed by atoms with Crippen LogP contribution in [0.2, 0.25) is 0 Å². The molecule has 0 amide bonds. The van der Waals surface area contributed by atoms with Crippen molar-refractivity contribution >= 4 is 29.9 Å². The summed E-state index contributed by atoms with van der Waals surface area (Å²) in [6.07, 6.45) is 2.46. The van der Waals surface area contributed by atoms with Gasteiger partial charge in [-0.3, -0.25) is 4.68 Å². The Morgan fingerprint density at radius 2 is 1.96 bits per heavy atom. The van der Waals surface area contributed by atoms with E-state index in [1.807, 2.05) is 19.2 Å². The lowest BCUT2D eigenvalue weighted by molar-refractivity contribution is 0.271. The molecule has 2 N–H and O–H groups in total. The predicted molar refractivity (Wildman–Crippen MR) is 120 cm³/mol. The molecule has 0 atom stereocenters. The van der Waals surface area contributed by atoms with Crippen LogP contribution in [-0.2, 0) is 20.0 Å². The van der Waals surface area contributed by atoms with Crippen molar-refractivity contribution in [1.82, 2.24) is 25.4 Å². The molecular formula is C19H31IN6O. The van der Waals surface area contributed by atoms with Gasteiger partial charge in [0.05, 0.1) is 6.61 Å². The number of halogens is 1. The molecule has 0 radical (unpaired) electrons. The summed E-state index contributed by atoms with van der Waals surface area (Å²) in [5, 5.41) is 10.7. The Kier molecular flexibility index (Phi) is 10.8. The highest BCUT2D eigenvalue weighted by molar-refractivity contribution is 14.0. The molecule has 0 aliphatic carbocycles. The largest absolute Gasteiger partial charge is 0.493 e. The van der Waals surface area contributed by atoms with Gasteiger partial charge in [0.2, 0.25) is 0 Å². The van der Waals surface area contributed by atoms with E-state index >= 15 is 0 Å². The minimum atomic E-state index is 0. The van der Waals surface area contributed by atoms with Crippen molar-refractivity contribution in [2.45, 2.75) is 33.7 Å². The van der Waals surface area contributed by atoms with Crippen molar-refractivity contribution in [1.29, 1.82) is 0 Å². The van der Waals surface area contributed by atoms with Crippen LogP contribution in [-0.4, -0.2) is 40.4 Å². The van der Waals surface area contributed by atoms with Crippen LogP contribution < -0.4 is 15.4 Å². The topological polar surface area (TPSA) is 76.4 Å². The van der Waals surface area contributed by atoms with Crippen LogP contribution in [0.3, 0.4) is 0 Å². The SMILES string of the molecule is CCNC(=NCc1ncnn1C)NCCc1ccc(OCC(C)C)cc1.I. The van der Waals surface area contributed by atoms with Crippen molar-refractivity contribution in [3.8, 4) is 5.75 Å². The molecule has 0 unspecified atom stereocenters. The molecule has 0 spiro atoms. The Hall–Kier alpha value is -1.84. The van der Waals surface area contributed by atoms with Gasteiger partial charge in [0, 0.05) is 20.1 Å². The average Bonchev–Trinajstić information content (AvgIpc) is 3.04. The fourth-order valence-corrected chi connectivity index (χ4v) is 2.30. The third-order valence-electron chi connectivity index (χ3n) is 3.74. The molecular weight excluding hydrogens is 455 g/mol. The Labute approximate surface area is 179 Å². The van der Waals surface area contributed by atoms with E-state index in [1.54, 1.807) is 11.0 Å². The smallest absolute Gasteiger partial charge is 0.191 e. The molecule has 0 bridgehead atoms. The molecule has 1 aromatic carbocycles. The zero-order chi connectivity index (χ0) is 18.8. The van der Waals surface area contributed by atoms with E-state index in [0.717, 1.165) is 43.7 Å². The first-order chi connectivity index (χ1) is 12.6. The number of hydrogen-bond acceptors (Lipinski definition) is 4. The van der Waals surface area contributed by atoms with E-state index in [1.165, 1.54) is 5.56 Å². The van der Waals surface area contributed by atoms with Crippen LogP contribution in [0.5, 0.6) is 5.75 Å². The van der Waals surface area contributed by atoms with E-state index in [4.69, 9.17) is 4.74 Å². The first-order valence-electron chi connectivity index (χ1n) is 9.15. The highest BCUT2D eigenvalue weighted by Gasteiger charge is 2.02. The molecule has 1 heterocycles. The Morgan fingerprint density at radius 1 is 1.22 bits per heavy atom. The molecule has 0 aliphatic heterocycles. The van der Waals surface area contributed by atoms with Crippen LogP contribution in [0.4, 0.5) is 0 Å². The van der Waals surface area contributed by atoms with Gasteiger partial charge >= 0.3 is 0 Å².